The van der Waals surface area contributed by atoms with Crippen molar-refractivity contribution in [3.63, 3.8) is 0 Å². The third kappa shape index (κ3) is 5.81. The average molecular weight is 415 g/mol. The van der Waals surface area contributed by atoms with E-state index in [1.165, 1.54) is 0 Å². The molecule has 0 aliphatic carbocycles. The fraction of sp³-hybridized carbons (Fsp3) is 0.500. The van der Waals surface area contributed by atoms with Crippen molar-refractivity contribution in [3.05, 3.63) is 35.4 Å². The predicted molar refractivity (Wildman–Crippen MR) is 114 cm³/mol. The highest BCUT2D eigenvalue weighted by molar-refractivity contribution is 6.00. The Balaban J connectivity index is 2.28. The van der Waals surface area contributed by atoms with E-state index in [0.717, 1.165) is 25.1 Å². The Labute approximate surface area is 177 Å². The molecule has 1 aromatic carbocycles. The van der Waals surface area contributed by atoms with Crippen LogP contribution in [-0.4, -0.2) is 59.2 Å². The van der Waals surface area contributed by atoms with E-state index in [2.05, 4.69) is 34.6 Å². The number of nitrogens with zero attached hydrogens (tertiary/aromatic N) is 2. The van der Waals surface area contributed by atoms with E-state index in [4.69, 9.17) is 5.11 Å². The molecule has 4 N–H and O–H groups in total. The molecule has 1 atom stereocenters. The lowest BCUT2D eigenvalue weighted by Gasteiger charge is -2.24. The number of amides is 2. The van der Waals surface area contributed by atoms with Crippen molar-refractivity contribution >= 4 is 17.6 Å². The molecule has 30 heavy (non-hydrogen) atoms. The number of carbonyl (C=O) groups excluding carboxylic acids is 2. The van der Waals surface area contributed by atoms with E-state index >= 15 is 0 Å². The van der Waals surface area contributed by atoms with E-state index in [1.807, 2.05) is 24.0 Å². The SMILES string of the molecule is CCCN(CC)C(=NO)c1ccc(C#CC2(CNCO)CCCC(=O)NC2=O)cc1. The number of benzene rings is 1. The van der Waals surface area contributed by atoms with E-state index in [-0.39, 0.29) is 25.6 Å². The molecule has 0 radical (unpaired) electrons. The second-order valence-corrected chi connectivity index (χ2v) is 7.23. The molecule has 8 heteroatoms. The first-order valence-corrected chi connectivity index (χ1v) is 10.3. The Morgan fingerprint density at radius 3 is 2.63 bits per heavy atom. The van der Waals surface area contributed by atoms with Crippen LogP contribution in [0.4, 0.5) is 0 Å². The smallest absolute Gasteiger partial charge is 0.246 e. The Hall–Kier alpha value is -2.89. The first-order chi connectivity index (χ1) is 14.5. The van der Waals surface area contributed by atoms with Gasteiger partial charge in [0, 0.05) is 37.2 Å². The van der Waals surface area contributed by atoms with E-state index in [1.54, 1.807) is 12.1 Å². The molecule has 2 rings (SSSR count). The van der Waals surface area contributed by atoms with Gasteiger partial charge < -0.3 is 15.2 Å². The number of aliphatic hydroxyl groups excluding tert-OH is 1. The first kappa shape index (κ1) is 23.4. The summed E-state index contributed by atoms with van der Waals surface area (Å²) in [6, 6.07) is 7.26. The number of imide groups is 1. The van der Waals surface area contributed by atoms with Gasteiger partial charge in [0.1, 0.15) is 5.41 Å². The van der Waals surface area contributed by atoms with Crippen LogP contribution < -0.4 is 10.6 Å². The van der Waals surface area contributed by atoms with Crippen LogP contribution in [0.15, 0.2) is 29.4 Å². The first-order valence-electron chi connectivity index (χ1n) is 10.3. The summed E-state index contributed by atoms with van der Waals surface area (Å²) < 4.78 is 0. The number of carbonyl (C=O) groups is 2. The molecule has 2 amide bonds. The Morgan fingerprint density at radius 1 is 1.30 bits per heavy atom. The van der Waals surface area contributed by atoms with Crippen LogP contribution in [0.25, 0.3) is 0 Å². The highest BCUT2D eigenvalue weighted by Gasteiger charge is 2.39. The van der Waals surface area contributed by atoms with Gasteiger partial charge >= 0.3 is 0 Å². The number of hydrogen-bond donors (Lipinski definition) is 4. The predicted octanol–water partition coefficient (Wildman–Crippen LogP) is 1.26. The van der Waals surface area contributed by atoms with Crippen LogP contribution in [0.2, 0.25) is 0 Å². The van der Waals surface area contributed by atoms with Crippen molar-refractivity contribution in [1.29, 1.82) is 0 Å². The normalized spacial score (nSPS) is 19.5. The quantitative estimate of drug-likeness (QED) is 0.102. The summed E-state index contributed by atoms with van der Waals surface area (Å²) in [5, 5.41) is 27.2. The maximum absolute atomic E-state index is 12.6. The van der Waals surface area contributed by atoms with Crippen molar-refractivity contribution in [1.82, 2.24) is 15.5 Å². The van der Waals surface area contributed by atoms with Gasteiger partial charge in [-0.1, -0.05) is 23.9 Å². The zero-order valence-corrected chi connectivity index (χ0v) is 17.6. The van der Waals surface area contributed by atoms with Gasteiger partial charge in [-0.05, 0) is 50.5 Å². The molecular formula is C22H30N4O4. The van der Waals surface area contributed by atoms with Gasteiger partial charge in [0.25, 0.3) is 0 Å². The summed E-state index contributed by atoms with van der Waals surface area (Å²) in [6.45, 7) is 5.44. The van der Waals surface area contributed by atoms with Gasteiger partial charge in [0.05, 0.1) is 6.73 Å². The van der Waals surface area contributed by atoms with Crippen LogP contribution in [0.3, 0.4) is 0 Å². The van der Waals surface area contributed by atoms with Crippen molar-refractivity contribution in [2.45, 2.75) is 39.5 Å². The van der Waals surface area contributed by atoms with Gasteiger partial charge in [-0.25, -0.2) is 0 Å². The zero-order chi connectivity index (χ0) is 22.0. The van der Waals surface area contributed by atoms with Crippen LogP contribution in [0, 0.1) is 17.3 Å². The molecule has 1 aromatic rings. The van der Waals surface area contributed by atoms with Gasteiger partial charge in [0.15, 0.2) is 5.84 Å². The average Bonchev–Trinajstić information content (AvgIpc) is 2.89. The van der Waals surface area contributed by atoms with Crippen molar-refractivity contribution in [2.75, 3.05) is 26.4 Å². The fourth-order valence-electron chi connectivity index (χ4n) is 3.46. The molecule has 1 unspecified atom stereocenters. The lowest BCUT2D eigenvalue weighted by atomic mass is 9.82. The van der Waals surface area contributed by atoms with Gasteiger partial charge in [-0.15, -0.1) is 0 Å². The monoisotopic (exact) mass is 414 g/mol. The van der Waals surface area contributed by atoms with Crippen LogP contribution >= 0.6 is 0 Å². The van der Waals surface area contributed by atoms with Gasteiger partial charge in [0.2, 0.25) is 11.8 Å². The molecule has 0 bridgehead atoms. The molecule has 0 aromatic heterocycles. The zero-order valence-electron chi connectivity index (χ0n) is 17.6. The standard InChI is InChI=1S/C22H30N4O4/c1-3-14-26(4-2)20(25-30)18-9-7-17(8-10-18)11-13-22(15-23-16-27)12-5-6-19(28)24-21(22)29/h7-10,23,27,30H,3-6,12,14-16H2,1-2H3,(H,24,28,29). The van der Waals surface area contributed by atoms with E-state index in [9.17, 15) is 14.8 Å². The molecule has 1 heterocycles. The third-order valence-electron chi connectivity index (χ3n) is 5.09. The van der Waals surface area contributed by atoms with E-state index in [0.29, 0.717) is 24.2 Å². The number of rotatable bonds is 7. The minimum absolute atomic E-state index is 0.150. The lowest BCUT2D eigenvalue weighted by molar-refractivity contribution is -0.133. The summed E-state index contributed by atoms with van der Waals surface area (Å²) in [4.78, 5) is 26.3. The number of aliphatic hydroxyl groups is 1. The maximum atomic E-state index is 12.6. The molecule has 162 valence electrons. The number of amidine groups is 1. The van der Waals surface area contributed by atoms with Crippen LogP contribution in [-0.2, 0) is 9.59 Å². The second kappa shape index (κ2) is 11.3. The second-order valence-electron chi connectivity index (χ2n) is 7.23. The number of hydrogen-bond acceptors (Lipinski definition) is 6. The molecule has 1 saturated heterocycles. The van der Waals surface area contributed by atoms with Crippen molar-refractivity contribution in [3.8, 4) is 11.8 Å². The van der Waals surface area contributed by atoms with Gasteiger partial charge in [-0.3, -0.25) is 20.2 Å². The summed E-state index contributed by atoms with van der Waals surface area (Å²) in [7, 11) is 0. The third-order valence-corrected chi connectivity index (χ3v) is 5.09. The molecule has 1 aliphatic rings. The molecule has 1 aliphatic heterocycles. The molecule has 0 spiro atoms. The van der Waals surface area contributed by atoms with Gasteiger partial charge in [-0.2, -0.15) is 0 Å². The summed E-state index contributed by atoms with van der Waals surface area (Å²) in [5.74, 6) is 5.82. The molecule has 8 nitrogen and oxygen atoms in total. The molecular weight excluding hydrogens is 384 g/mol. The Morgan fingerprint density at radius 2 is 2.03 bits per heavy atom. The van der Waals surface area contributed by atoms with Crippen LogP contribution in [0.1, 0.15) is 50.7 Å². The summed E-state index contributed by atoms with van der Waals surface area (Å²) in [6.07, 6.45) is 2.17. The lowest BCUT2D eigenvalue weighted by Crippen LogP contribution is -2.46. The Kier molecular flexibility index (Phi) is 8.84. The number of nitrogens with one attached hydrogen (secondary N) is 2. The number of oxime groups is 1. The molecule has 0 saturated carbocycles. The summed E-state index contributed by atoms with van der Waals surface area (Å²) >= 11 is 0. The Bertz CT molecular complexity index is 826. The highest BCUT2D eigenvalue weighted by Crippen LogP contribution is 2.26. The minimum Gasteiger partial charge on any atom is -0.409 e. The van der Waals surface area contributed by atoms with Crippen molar-refractivity contribution < 1.29 is 19.9 Å². The van der Waals surface area contributed by atoms with Crippen LogP contribution in [0.5, 0.6) is 0 Å². The highest BCUT2D eigenvalue weighted by atomic mass is 16.4. The topological polar surface area (TPSA) is 114 Å². The maximum Gasteiger partial charge on any atom is 0.246 e. The molecule has 1 fully saturated rings. The van der Waals surface area contributed by atoms with Crippen molar-refractivity contribution in [2.24, 2.45) is 10.6 Å². The minimum atomic E-state index is -1.09. The summed E-state index contributed by atoms with van der Waals surface area (Å²) in [5.41, 5.74) is 0.375. The largest absolute Gasteiger partial charge is 0.409 e. The fourth-order valence-corrected chi connectivity index (χ4v) is 3.46. The van der Waals surface area contributed by atoms with E-state index < -0.39 is 11.3 Å².